The maximum absolute atomic E-state index is 11.0. The molecule has 5 nitrogen and oxygen atoms in total. The number of anilines is 1. The van der Waals surface area contributed by atoms with E-state index in [4.69, 9.17) is 16.3 Å². The Kier molecular flexibility index (Phi) is 4.53. The molecule has 1 unspecified atom stereocenters. The molecular weight excluding hydrogens is 256 g/mol. The molecule has 0 aromatic heterocycles. The van der Waals surface area contributed by atoms with Crippen molar-refractivity contribution < 1.29 is 9.66 Å². The van der Waals surface area contributed by atoms with E-state index >= 15 is 0 Å². The van der Waals surface area contributed by atoms with Gasteiger partial charge in [-0.2, -0.15) is 0 Å². The molecule has 0 saturated carbocycles. The van der Waals surface area contributed by atoms with Crippen molar-refractivity contribution in [2.24, 2.45) is 0 Å². The number of hydrogen-bond acceptors (Lipinski definition) is 4. The molecule has 0 aliphatic rings. The van der Waals surface area contributed by atoms with Gasteiger partial charge in [0, 0.05) is 18.2 Å². The number of methoxy groups -OCH3 is 1. The Labute approximate surface area is 111 Å². The molecule has 1 rings (SSSR count). The summed E-state index contributed by atoms with van der Waals surface area (Å²) in [7, 11) is 1.61. The van der Waals surface area contributed by atoms with E-state index < -0.39 is 10.5 Å². The predicted molar refractivity (Wildman–Crippen MR) is 72.3 cm³/mol. The lowest BCUT2D eigenvalue weighted by Crippen LogP contribution is -2.41. The van der Waals surface area contributed by atoms with E-state index in [1.54, 1.807) is 19.2 Å². The largest absolute Gasteiger partial charge is 0.377 e. The summed E-state index contributed by atoms with van der Waals surface area (Å²) in [6.07, 6.45) is 0. The molecule has 0 spiro atoms. The Hall–Kier alpha value is -1.33. The Morgan fingerprint density at radius 3 is 2.61 bits per heavy atom. The first-order chi connectivity index (χ1) is 8.27. The van der Waals surface area contributed by atoms with Crippen LogP contribution >= 0.6 is 11.6 Å². The van der Waals surface area contributed by atoms with Crippen LogP contribution in [0.15, 0.2) is 18.2 Å². The smallest absolute Gasteiger partial charge is 0.293 e. The monoisotopic (exact) mass is 272 g/mol. The number of nitrogens with one attached hydrogen (secondary N) is 1. The molecule has 1 aromatic carbocycles. The molecule has 1 aromatic rings. The standard InChI is InChI=1S/C12H17ClN2O3/c1-8(12(2,3)18-4)14-10-6-5-9(13)7-11(10)15(16)17/h5-8,14H,1-4H3. The Bertz CT molecular complexity index is 449. The minimum Gasteiger partial charge on any atom is -0.377 e. The summed E-state index contributed by atoms with van der Waals surface area (Å²) in [6, 6.07) is 4.45. The van der Waals surface area contributed by atoms with Crippen LogP contribution in [0.2, 0.25) is 5.02 Å². The van der Waals surface area contributed by atoms with Crippen molar-refractivity contribution in [2.45, 2.75) is 32.4 Å². The highest BCUT2D eigenvalue weighted by Crippen LogP contribution is 2.29. The van der Waals surface area contributed by atoms with Gasteiger partial charge in [-0.05, 0) is 32.9 Å². The van der Waals surface area contributed by atoms with Crippen LogP contribution in [-0.2, 0) is 4.74 Å². The summed E-state index contributed by atoms with van der Waals surface area (Å²) in [6.45, 7) is 5.72. The van der Waals surface area contributed by atoms with E-state index in [9.17, 15) is 10.1 Å². The number of nitro benzene ring substituents is 1. The summed E-state index contributed by atoms with van der Waals surface area (Å²) in [5.41, 5.74) is -0.0451. The molecule has 18 heavy (non-hydrogen) atoms. The Morgan fingerprint density at radius 1 is 1.50 bits per heavy atom. The zero-order chi connectivity index (χ0) is 13.9. The zero-order valence-electron chi connectivity index (χ0n) is 10.9. The second kappa shape index (κ2) is 5.54. The van der Waals surface area contributed by atoms with Crippen LogP contribution in [-0.4, -0.2) is 23.7 Å². The maximum Gasteiger partial charge on any atom is 0.293 e. The van der Waals surface area contributed by atoms with E-state index in [1.807, 2.05) is 20.8 Å². The number of nitro groups is 1. The van der Waals surface area contributed by atoms with Crippen LogP contribution in [0.1, 0.15) is 20.8 Å². The number of nitrogens with zero attached hydrogens (tertiary/aromatic N) is 1. The summed E-state index contributed by atoms with van der Waals surface area (Å²) >= 11 is 5.76. The van der Waals surface area contributed by atoms with Crippen LogP contribution in [0.4, 0.5) is 11.4 Å². The molecule has 0 amide bonds. The number of hydrogen-bond donors (Lipinski definition) is 1. The third-order valence-electron chi connectivity index (χ3n) is 3.10. The van der Waals surface area contributed by atoms with Crippen molar-refractivity contribution in [3.63, 3.8) is 0 Å². The molecule has 0 radical (unpaired) electrons. The summed E-state index contributed by atoms with van der Waals surface area (Å²) in [5, 5.41) is 14.4. The first-order valence-electron chi connectivity index (χ1n) is 5.53. The van der Waals surface area contributed by atoms with Gasteiger partial charge in [-0.15, -0.1) is 0 Å². The van der Waals surface area contributed by atoms with Gasteiger partial charge in [0.15, 0.2) is 0 Å². The molecule has 0 saturated heterocycles. The molecule has 1 N–H and O–H groups in total. The van der Waals surface area contributed by atoms with Gasteiger partial charge in [0.05, 0.1) is 16.6 Å². The number of ether oxygens (including phenoxy) is 1. The SMILES string of the molecule is COC(C)(C)C(C)Nc1ccc(Cl)cc1[N+](=O)[O-]. The van der Waals surface area contributed by atoms with Crippen molar-refractivity contribution in [1.29, 1.82) is 0 Å². The van der Waals surface area contributed by atoms with E-state index in [2.05, 4.69) is 5.32 Å². The average Bonchev–Trinajstić information content (AvgIpc) is 2.31. The van der Waals surface area contributed by atoms with Crippen LogP contribution < -0.4 is 5.32 Å². The van der Waals surface area contributed by atoms with E-state index in [1.165, 1.54) is 6.07 Å². The molecule has 6 heteroatoms. The summed E-state index contributed by atoms with van der Waals surface area (Å²) < 4.78 is 5.34. The van der Waals surface area contributed by atoms with E-state index in [-0.39, 0.29) is 11.7 Å². The fourth-order valence-corrected chi connectivity index (χ4v) is 1.53. The normalized spacial score (nSPS) is 13.2. The van der Waals surface area contributed by atoms with Crippen molar-refractivity contribution in [3.05, 3.63) is 33.3 Å². The van der Waals surface area contributed by atoms with Crippen molar-refractivity contribution in [1.82, 2.24) is 0 Å². The number of halogens is 1. The van der Waals surface area contributed by atoms with Gasteiger partial charge in [-0.25, -0.2) is 0 Å². The topological polar surface area (TPSA) is 64.4 Å². The Balaban J connectivity index is 3.01. The lowest BCUT2D eigenvalue weighted by molar-refractivity contribution is -0.384. The van der Waals surface area contributed by atoms with Gasteiger partial charge in [0.2, 0.25) is 0 Å². The van der Waals surface area contributed by atoms with Crippen molar-refractivity contribution in [3.8, 4) is 0 Å². The molecule has 0 heterocycles. The maximum atomic E-state index is 11.0. The predicted octanol–water partition coefficient (Wildman–Crippen LogP) is 3.47. The third kappa shape index (κ3) is 3.34. The van der Waals surface area contributed by atoms with Gasteiger partial charge in [-0.3, -0.25) is 10.1 Å². The first kappa shape index (κ1) is 14.7. The Morgan fingerprint density at radius 2 is 2.11 bits per heavy atom. The molecule has 0 aliphatic carbocycles. The van der Waals surface area contributed by atoms with Crippen molar-refractivity contribution >= 4 is 23.0 Å². The first-order valence-corrected chi connectivity index (χ1v) is 5.91. The van der Waals surface area contributed by atoms with Crippen LogP contribution in [0, 0.1) is 10.1 Å². The van der Waals surface area contributed by atoms with Gasteiger partial charge in [-0.1, -0.05) is 11.6 Å². The fourth-order valence-electron chi connectivity index (χ4n) is 1.36. The highest BCUT2D eigenvalue weighted by atomic mass is 35.5. The second-order valence-electron chi connectivity index (χ2n) is 4.59. The second-order valence-corrected chi connectivity index (χ2v) is 5.03. The van der Waals surface area contributed by atoms with Gasteiger partial charge in [0.1, 0.15) is 5.69 Å². The molecule has 1 atom stereocenters. The quantitative estimate of drug-likeness (QED) is 0.658. The summed E-state index contributed by atoms with van der Waals surface area (Å²) in [5.74, 6) is 0. The zero-order valence-corrected chi connectivity index (χ0v) is 11.6. The van der Waals surface area contributed by atoms with Crippen LogP contribution in [0.25, 0.3) is 0 Å². The highest BCUT2D eigenvalue weighted by Gasteiger charge is 2.27. The van der Waals surface area contributed by atoms with E-state index in [0.29, 0.717) is 10.7 Å². The molecule has 0 aliphatic heterocycles. The van der Waals surface area contributed by atoms with Gasteiger partial charge in [0.25, 0.3) is 5.69 Å². The lowest BCUT2D eigenvalue weighted by atomic mass is 10.00. The average molecular weight is 273 g/mol. The van der Waals surface area contributed by atoms with Gasteiger partial charge < -0.3 is 10.1 Å². The van der Waals surface area contributed by atoms with Crippen LogP contribution in [0.5, 0.6) is 0 Å². The molecule has 100 valence electrons. The molecule has 0 fully saturated rings. The molecular formula is C12H17ClN2O3. The highest BCUT2D eigenvalue weighted by molar-refractivity contribution is 6.30. The van der Waals surface area contributed by atoms with Crippen LogP contribution in [0.3, 0.4) is 0 Å². The summed E-state index contributed by atoms with van der Waals surface area (Å²) in [4.78, 5) is 10.5. The van der Waals surface area contributed by atoms with Gasteiger partial charge >= 0.3 is 0 Å². The fraction of sp³-hybridized carbons (Fsp3) is 0.500. The van der Waals surface area contributed by atoms with Crippen molar-refractivity contribution in [2.75, 3.05) is 12.4 Å². The molecule has 0 bridgehead atoms. The minimum atomic E-state index is -0.458. The lowest BCUT2D eigenvalue weighted by Gasteiger charge is -2.31. The third-order valence-corrected chi connectivity index (χ3v) is 3.33. The number of benzene rings is 1. The number of rotatable bonds is 5. The minimum absolute atomic E-state index is 0.0405. The van der Waals surface area contributed by atoms with E-state index in [0.717, 1.165) is 0 Å².